The second-order valence-electron chi connectivity index (χ2n) is 7.33. The predicted octanol–water partition coefficient (Wildman–Crippen LogP) is 2.07. The van der Waals surface area contributed by atoms with Crippen LogP contribution in [-0.4, -0.2) is 46.6 Å². The molecule has 0 radical (unpaired) electrons. The molecule has 10 heteroatoms. The number of benzene rings is 2. The van der Waals surface area contributed by atoms with Gasteiger partial charge in [-0.05, 0) is 34.9 Å². The van der Waals surface area contributed by atoms with Crippen molar-refractivity contribution in [3.05, 3.63) is 64.0 Å². The van der Waals surface area contributed by atoms with Gasteiger partial charge in [-0.1, -0.05) is 30.3 Å². The summed E-state index contributed by atoms with van der Waals surface area (Å²) in [6.07, 6.45) is 0.314. The van der Waals surface area contributed by atoms with E-state index in [2.05, 4.69) is 16.0 Å². The van der Waals surface area contributed by atoms with Gasteiger partial charge in [-0.2, -0.15) is 0 Å². The highest BCUT2D eigenvalue weighted by molar-refractivity contribution is 7.17. The number of hydrogen-bond donors (Lipinski definition) is 5. The number of carboxylic acids is 2. The molecular weight excluding hydrogens is 434 g/mol. The standard InChI is InChI=1S/C22H19N3O6S/c26-18(13-6-5-11-3-1-2-4-12(11)7-13)24-9-14-8-15-16(10-23-14)32-20(17(15)21(28)29)25-19(27)22(30)31/h1-7,14,23H,8-10H2,(H,24,26)(H,25,27)(H,28,29)(H,30,31). The van der Waals surface area contributed by atoms with Crippen LogP contribution >= 0.6 is 11.3 Å². The summed E-state index contributed by atoms with van der Waals surface area (Å²) in [6.45, 7) is 0.622. The number of nitrogens with one attached hydrogen (secondary N) is 3. The lowest BCUT2D eigenvalue weighted by atomic mass is 9.97. The first-order valence-electron chi connectivity index (χ1n) is 9.76. The molecule has 1 unspecified atom stereocenters. The third-order valence-electron chi connectivity index (χ3n) is 5.25. The Morgan fingerprint density at radius 2 is 1.81 bits per heavy atom. The van der Waals surface area contributed by atoms with E-state index in [0.717, 1.165) is 22.1 Å². The molecule has 164 valence electrons. The fourth-order valence-electron chi connectivity index (χ4n) is 3.69. The highest BCUT2D eigenvalue weighted by Crippen LogP contribution is 2.36. The smallest absolute Gasteiger partial charge is 0.394 e. The highest BCUT2D eigenvalue weighted by Gasteiger charge is 2.30. The summed E-state index contributed by atoms with van der Waals surface area (Å²) in [5, 5.41) is 28.7. The van der Waals surface area contributed by atoms with Gasteiger partial charge in [-0.25, -0.2) is 9.59 Å². The fraction of sp³-hybridized carbons (Fsp3) is 0.182. The normalized spacial score (nSPS) is 15.1. The Morgan fingerprint density at radius 3 is 2.53 bits per heavy atom. The van der Waals surface area contributed by atoms with E-state index in [9.17, 15) is 24.3 Å². The molecule has 1 aromatic heterocycles. The van der Waals surface area contributed by atoms with Gasteiger partial charge in [0, 0.05) is 29.6 Å². The van der Waals surface area contributed by atoms with Crippen LogP contribution in [0.4, 0.5) is 5.00 Å². The Hall–Kier alpha value is -3.76. The average molecular weight is 453 g/mol. The molecule has 0 aliphatic carbocycles. The Balaban J connectivity index is 1.46. The maximum atomic E-state index is 12.6. The Labute approximate surface area is 186 Å². The molecule has 0 saturated heterocycles. The van der Waals surface area contributed by atoms with E-state index >= 15 is 0 Å². The zero-order valence-electron chi connectivity index (χ0n) is 16.7. The number of aliphatic carboxylic acids is 1. The fourth-order valence-corrected chi connectivity index (χ4v) is 4.86. The van der Waals surface area contributed by atoms with E-state index < -0.39 is 17.8 Å². The van der Waals surface area contributed by atoms with Gasteiger partial charge in [0.05, 0.1) is 5.56 Å². The lowest BCUT2D eigenvalue weighted by molar-refractivity contribution is -0.147. The molecule has 4 rings (SSSR count). The molecule has 3 aromatic rings. The quantitative estimate of drug-likeness (QED) is 0.372. The number of amides is 2. The Bertz CT molecular complexity index is 1250. The van der Waals surface area contributed by atoms with Gasteiger partial charge < -0.3 is 26.2 Å². The van der Waals surface area contributed by atoms with E-state index in [0.29, 0.717) is 29.0 Å². The van der Waals surface area contributed by atoms with Crippen LogP contribution in [0.2, 0.25) is 0 Å². The minimum absolute atomic E-state index is 0.00227. The zero-order chi connectivity index (χ0) is 22.8. The van der Waals surface area contributed by atoms with Crippen molar-refractivity contribution in [2.75, 3.05) is 11.9 Å². The average Bonchev–Trinajstić information content (AvgIpc) is 3.14. The molecule has 0 spiro atoms. The third-order valence-corrected chi connectivity index (χ3v) is 6.40. The molecule has 2 amide bonds. The second kappa shape index (κ2) is 8.77. The SMILES string of the molecule is O=C(O)C(=O)Nc1sc2c(c1C(=O)O)CC(CNC(=O)c1ccc3ccccc3c1)NC2. The van der Waals surface area contributed by atoms with Crippen molar-refractivity contribution >= 4 is 50.9 Å². The van der Waals surface area contributed by atoms with E-state index in [1.54, 1.807) is 6.07 Å². The van der Waals surface area contributed by atoms with Gasteiger partial charge in [0.25, 0.3) is 5.91 Å². The van der Waals surface area contributed by atoms with Crippen molar-refractivity contribution in [2.24, 2.45) is 0 Å². The van der Waals surface area contributed by atoms with Gasteiger partial charge in [0.2, 0.25) is 0 Å². The summed E-state index contributed by atoms with van der Waals surface area (Å²) in [5.74, 6) is -4.47. The number of anilines is 1. The lowest BCUT2D eigenvalue weighted by Gasteiger charge is -2.24. The van der Waals surface area contributed by atoms with Crippen molar-refractivity contribution in [3.8, 4) is 0 Å². The van der Waals surface area contributed by atoms with Crippen molar-refractivity contribution < 1.29 is 29.4 Å². The molecule has 0 fully saturated rings. The van der Waals surface area contributed by atoms with Crippen LogP contribution in [0.15, 0.2) is 42.5 Å². The monoisotopic (exact) mass is 453 g/mol. The van der Waals surface area contributed by atoms with Gasteiger partial charge in [0.1, 0.15) is 5.00 Å². The first-order valence-corrected chi connectivity index (χ1v) is 10.6. The molecule has 0 saturated carbocycles. The number of thiophene rings is 1. The topological polar surface area (TPSA) is 145 Å². The van der Waals surface area contributed by atoms with Crippen molar-refractivity contribution in [2.45, 2.75) is 19.0 Å². The van der Waals surface area contributed by atoms with Gasteiger partial charge >= 0.3 is 17.8 Å². The molecule has 1 aliphatic rings. The number of aromatic carboxylic acids is 1. The van der Waals surface area contributed by atoms with Crippen molar-refractivity contribution in [3.63, 3.8) is 0 Å². The van der Waals surface area contributed by atoms with E-state index in [1.807, 2.05) is 36.4 Å². The molecule has 5 N–H and O–H groups in total. The maximum absolute atomic E-state index is 12.6. The zero-order valence-corrected chi connectivity index (χ0v) is 17.5. The highest BCUT2D eigenvalue weighted by atomic mass is 32.1. The number of hydrogen-bond acceptors (Lipinski definition) is 6. The lowest BCUT2D eigenvalue weighted by Crippen LogP contribution is -2.44. The van der Waals surface area contributed by atoms with Crippen molar-refractivity contribution in [1.82, 2.24) is 10.6 Å². The largest absolute Gasteiger partial charge is 0.478 e. The van der Waals surface area contributed by atoms with Gasteiger partial charge in [-0.15, -0.1) is 11.3 Å². The predicted molar refractivity (Wildman–Crippen MR) is 118 cm³/mol. The molecule has 1 atom stereocenters. The first-order chi connectivity index (χ1) is 15.3. The van der Waals surface area contributed by atoms with Gasteiger partial charge in [-0.3, -0.25) is 9.59 Å². The molecule has 2 aromatic carbocycles. The molecule has 0 bridgehead atoms. The van der Waals surface area contributed by atoms with Crippen LogP contribution in [0.3, 0.4) is 0 Å². The van der Waals surface area contributed by atoms with E-state index in [4.69, 9.17) is 5.11 Å². The maximum Gasteiger partial charge on any atom is 0.394 e. The van der Waals surface area contributed by atoms with Crippen LogP contribution < -0.4 is 16.0 Å². The first kappa shape index (κ1) is 21.5. The summed E-state index contributed by atoms with van der Waals surface area (Å²) >= 11 is 1.03. The van der Waals surface area contributed by atoms with Crippen LogP contribution in [0, 0.1) is 0 Å². The van der Waals surface area contributed by atoms with Gasteiger partial charge in [0.15, 0.2) is 0 Å². The summed E-state index contributed by atoms with van der Waals surface area (Å²) in [4.78, 5) is 47.4. The molecular formula is C22H19N3O6S. The van der Waals surface area contributed by atoms with Crippen LogP contribution in [0.1, 0.15) is 31.2 Å². The number of rotatable bonds is 5. The Morgan fingerprint density at radius 1 is 1.06 bits per heavy atom. The summed E-state index contributed by atoms with van der Waals surface area (Å²) in [7, 11) is 0. The number of carbonyl (C=O) groups is 4. The summed E-state index contributed by atoms with van der Waals surface area (Å²) < 4.78 is 0. The molecule has 9 nitrogen and oxygen atoms in total. The summed E-state index contributed by atoms with van der Waals surface area (Å²) in [6, 6.07) is 13.0. The molecule has 32 heavy (non-hydrogen) atoms. The van der Waals surface area contributed by atoms with Crippen LogP contribution in [-0.2, 0) is 22.6 Å². The minimum atomic E-state index is -1.69. The Kier molecular flexibility index (Phi) is 5.89. The number of carbonyl (C=O) groups excluding carboxylic acids is 2. The van der Waals surface area contributed by atoms with Crippen LogP contribution in [0.25, 0.3) is 10.8 Å². The van der Waals surface area contributed by atoms with E-state index in [1.165, 1.54) is 0 Å². The molecule has 2 heterocycles. The van der Waals surface area contributed by atoms with E-state index in [-0.39, 0.29) is 29.1 Å². The molecule has 1 aliphatic heterocycles. The van der Waals surface area contributed by atoms with Crippen molar-refractivity contribution in [1.29, 1.82) is 0 Å². The number of carboxylic acid groups (broad SMARTS) is 2. The second-order valence-corrected chi connectivity index (χ2v) is 8.43. The number of fused-ring (bicyclic) bond motifs is 2. The summed E-state index contributed by atoms with van der Waals surface area (Å²) in [5.41, 5.74) is 0.958. The third kappa shape index (κ3) is 4.32. The van der Waals surface area contributed by atoms with Crippen LogP contribution in [0.5, 0.6) is 0 Å². The minimum Gasteiger partial charge on any atom is -0.478 e.